The number of nitro groups is 1. The third-order valence-electron chi connectivity index (χ3n) is 4.45. The Kier molecular flexibility index (Phi) is 5.94. The molecular weight excluding hydrogens is 360 g/mol. The summed E-state index contributed by atoms with van der Waals surface area (Å²) in [6.45, 7) is 7.43. The zero-order valence-electron chi connectivity index (χ0n) is 14.3. The summed E-state index contributed by atoms with van der Waals surface area (Å²) in [7, 11) is -2.93. The minimum Gasteiger partial charge on any atom is -0.468 e. The van der Waals surface area contributed by atoms with Crippen molar-refractivity contribution in [2.24, 2.45) is 5.92 Å². The Balaban J connectivity index is 2.54. The number of non-ortho nitro benzene ring substituents is 1. The highest BCUT2D eigenvalue weighted by Crippen LogP contribution is 2.35. The predicted molar refractivity (Wildman–Crippen MR) is 94.8 cm³/mol. The summed E-state index contributed by atoms with van der Waals surface area (Å²) in [5.41, 5.74) is -0.226. The Bertz CT molecular complexity index is 818. The summed E-state index contributed by atoms with van der Waals surface area (Å²) < 4.78 is 32.2. The van der Waals surface area contributed by atoms with Crippen LogP contribution in [0.15, 0.2) is 54.5 Å². The number of methoxy groups -OCH3 is 1. The average molecular weight is 380 g/mol. The van der Waals surface area contributed by atoms with Crippen LogP contribution in [0.2, 0.25) is 0 Å². The number of carbonyl (C=O) groups is 1. The first-order valence-corrected chi connectivity index (χ1v) is 9.32. The molecule has 3 atom stereocenters. The number of rotatable bonds is 6. The molecule has 0 spiro atoms. The molecule has 26 heavy (non-hydrogen) atoms. The molecule has 8 nitrogen and oxygen atoms in total. The molecule has 1 unspecified atom stereocenters. The second-order valence-electron chi connectivity index (χ2n) is 5.83. The maximum atomic E-state index is 13.2. The Labute approximate surface area is 152 Å². The fourth-order valence-corrected chi connectivity index (χ4v) is 4.94. The van der Waals surface area contributed by atoms with E-state index in [0.29, 0.717) is 6.42 Å². The lowest BCUT2D eigenvalue weighted by Crippen LogP contribution is -2.55. The molecule has 140 valence electrons. The van der Waals surface area contributed by atoms with Crippen LogP contribution in [-0.4, -0.2) is 42.8 Å². The summed E-state index contributed by atoms with van der Waals surface area (Å²) in [5.74, 6) is -0.869. The molecule has 0 aromatic heterocycles. The topological polar surface area (TPSA) is 107 Å². The third-order valence-corrected chi connectivity index (χ3v) is 6.37. The molecule has 1 aliphatic heterocycles. The Morgan fingerprint density at radius 1 is 1.27 bits per heavy atom. The second-order valence-corrected chi connectivity index (χ2v) is 7.67. The van der Waals surface area contributed by atoms with Crippen LogP contribution in [0.1, 0.15) is 12.8 Å². The van der Waals surface area contributed by atoms with E-state index in [1.54, 1.807) is 6.08 Å². The smallest absolute Gasteiger partial charge is 0.324 e. The van der Waals surface area contributed by atoms with Crippen molar-refractivity contribution in [1.82, 2.24) is 4.31 Å². The van der Waals surface area contributed by atoms with Gasteiger partial charge in [-0.15, -0.1) is 13.2 Å². The first-order valence-electron chi connectivity index (χ1n) is 7.88. The minimum atomic E-state index is -4.12. The number of esters is 1. The number of piperidine rings is 1. The van der Waals surface area contributed by atoms with Crippen molar-refractivity contribution in [2.45, 2.75) is 29.8 Å². The molecule has 0 bridgehead atoms. The minimum absolute atomic E-state index is 0.145. The molecule has 2 rings (SSSR count). The van der Waals surface area contributed by atoms with Gasteiger partial charge in [0.25, 0.3) is 5.69 Å². The Morgan fingerprint density at radius 2 is 1.88 bits per heavy atom. The molecule has 0 amide bonds. The van der Waals surface area contributed by atoms with Crippen LogP contribution in [0.4, 0.5) is 5.69 Å². The normalized spacial score (nSPS) is 23.8. The predicted octanol–water partition coefficient (Wildman–Crippen LogP) is 2.28. The SMILES string of the molecule is C=CC1CC[C@@H](C(=O)OC)N(S(=O)(=O)c2ccc([N+](=O)[O-])cc2)[C@H]1C=C. The van der Waals surface area contributed by atoms with Gasteiger partial charge in [0, 0.05) is 12.1 Å². The van der Waals surface area contributed by atoms with E-state index < -0.39 is 33.0 Å². The number of sulfonamides is 1. The summed E-state index contributed by atoms with van der Waals surface area (Å²) >= 11 is 0. The fourth-order valence-electron chi connectivity index (χ4n) is 3.13. The van der Waals surface area contributed by atoms with Gasteiger partial charge in [-0.05, 0) is 30.9 Å². The number of hydrogen-bond acceptors (Lipinski definition) is 6. The highest BCUT2D eigenvalue weighted by Gasteiger charge is 2.45. The first kappa shape index (κ1) is 19.8. The van der Waals surface area contributed by atoms with Crippen LogP contribution in [0.25, 0.3) is 0 Å². The maximum absolute atomic E-state index is 13.2. The van der Waals surface area contributed by atoms with Gasteiger partial charge in [-0.1, -0.05) is 12.2 Å². The van der Waals surface area contributed by atoms with E-state index in [9.17, 15) is 23.3 Å². The van der Waals surface area contributed by atoms with E-state index in [4.69, 9.17) is 4.74 Å². The first-order chi connectivity index (χ1) is 12.3. The molecule has 0 N–H and O–H groups in total. The van der Waals surface area contributed by atoms with Gasteiger partial charge < -0.3 is 4.74 Å². The quantitative estimate of drug-likeness (QED) is 0.324. The van der Waals surface area contributed by atoms with E-state index in [0.717, 1.165) is 28.6 Å². The van der Waals surface area contributed by atoms with Gasteiger partial charge in [0.2, 0.25) is 10.0 Å². The van der Waals surface area contributed by atoms with Crippen LogP contribution in [0, 0.1) is 16.0 Å². The molecule has 0 saturated carbocycles. The zero-order chi connectivity index (χ0) is 19.5. The van der Waals surface area contributed by atoms with Crippen molar-refractivity contribution in [3.05, 3.63) is 59.7 Å². The van der Waals surface area contributed by atoms with Gasteiger partial charge >= 0.3 is 5.97 Å². The van der Waals surface area contributed by atoms with Gasteiger partial charge in [-0.2, -0.15) is 4.31 Å². The number of ether oxygens (including phenoxy) is 1. The van der Waals surface area contributed by atoms with Gasteiger partial charge in [-0.25, -0.2) is 8.42 Å². The van der Waals surface area contributed by atoms with Crippen molar-refractivity contribution in [1.29, 1.82) is 0 Å². The summed E-state index contributed by atoms with van der Waals surface area (Å²) in [6.07, 6.45) is 3.94. The monoisotopic (exact) mass is 380 g/mol. The molecule has 1 aliphatic rings. The molecule has 0 aliphatic carbocycles. The number of benzene rings is 1. The van der Waals surface area contributed by atoms with Crippen molar-refractivity contribution in [3.8, 4) is 0 Å². The van der Waals surface area contributed by atoms with Crippen LogP contribution < -0.4 is 0 Å². The van der Waals surface area contributed by atoms with E-state index in [1.165, 1.54) is 13.2 Å². The summed E-state index contributed by atoms with van der Waals surface area (Å²) in [4.78, 5) is 22.2. The number of nitrogens with zero attached hydrogens (tertiary/aromatic N) is 2. The van der Waals surface area contributed by atoms with Crippen LogP contribution in [0.3, 0.4) is 0 Å². The molecule has 1 aromatic carbocycles. The molecule has 1 saturated heterocycles. The van der Waals surface area contributed by atoms with E-state index >= 15 is 0 Å². The van der Waals surface area contributed by atoms with Crippen molar-refractivity contribution < 1.29 is 22.9 Å². The van der Waals surface area contributed by atoms with Crippen molar-refractivity contribution in [3.63, 3.8) is 0 Å². The lowest BCUT2D eigenvalue weighted by Gasteiger charge is -2.41. The van der Waals surface area contributed by atoms with Gasteiger partial charge in [0.15, 0.2) is 0 Å². The van der Waals surface area contributed by atoms with Gasteiger partial charge in [0.1, 0.15) is 6.04 Å². The lowest BCUT2D eigenvalue weighted by atomic mass is 9.87. The highest BCUT2D eigenvalue weighted by atomic mass is 32.2. The van der Waals surface area contributed by atoms with E-state index in [-0.39, 0.29) is 22.9 Å². The summed E-state index contributed by atoms with van der Waals surface area (Å²) in [6, 6.07) is 2.85. The van der Waals surface area contributed by atoms with Crippen LogP contribution in [-0.2, 0) is 19.6 Å². The molecule has 1 heterocycles. The average Bonchev–Trinajstić information content (AvgIpc) is 2.65. The van der Waals surface area contributed by atoms with E-state index in [2.05, 4.69) is 13.2 Å². The number of nitro benzene ring substituents is 1. The summed E-state index contributed by atoms with van der Waals surface area (Å²) in [5, 5.41) is 10.8. The highest BCUT2D eigenvalue weighted by molar-refractivity contribution is 7.89. The van der Waals surface area contributed by atoms with Crippen LogP contribution in [0.5, 0.6) is 0 Å². The fraction of sp³-hybridized carbons (Fsp3) is 0.353. The number of hydrogen-bond donors (Lipinski definition) is 0. The molecule has 1 aromatic rings. The van der Waals surface area contributed by atoms with E-state index in [1.807, 2.05) is 0 Å². The molecular formula is C17H20N2O6S. The Hall–Kier alpha value is -2.52. The third kappa shape index (κ3) is 3.54. The number of carbonyl (C=O) groups excluding carboxylic acids is 1. The largest absolute Gasteiger partial charge is 0.468 e. The van der Waals surface area contributed by atoms with Gasteiger partial charge in [0.05, 0.1) is 23.0 Å². The second kappa shape index (κ2) is 7.79. The standard InChI is InChI=1S/C17H20N2O6S/c1-4-12-6-11-16(17(20)25-3)18(15(12)5-2)26(23,24)14-9-7-13(8-10-14)19(21)22/h4-5,7-10,12,15-16H,1-2,6,11H2,3H3/t12?,15-,16-/m0/s1. The molecule has 9 heteroatoms. The Morgan fingerprint density at radius 3 is 2.35 bits per heavy atom. The van der Waals surface area contributed by atoms with Crippen molar-refractivity contribution in [2.75, 3.05) is 7.11 Å². The van der Waals surface area contributed by atoms with Crippen LogP contribution >= 0.6 is 0 Å². The van der Waals surface area contributed by atoms with Crippen molar-refractivity contribution >= 4 is 21.7 Å². The maximum Gasteiger partial charge on any atom is 0.324 e. The molecule has 0 radical (unpaired) electrons. The lowest BCUT2D eigenvalue weighted by molar-refractivity contribution is -0.384. The zero-order valence-corrected chi connectivity index (χ0v) is 15.1. The molecule has 1 fully saturated rings. The van der Waals surface area contributed by atoms with Gasteiger partial charge in [-0.3, -0.25) is 14.9 Å².